The van der Waals surface area contributed by atoms with E-state index >= 15 is 0 Å². The van der Waals surface area contributed by atoms with Gasteiger partial charge in [0.25, 0.3) is 5.91 Å². The molecule has 5 nitrogen and oxygen atoms in total. The third-order valence-electron chi connectivity index (χ3n) is 2.87. The first-order valence-corrected chi connectivity index (χ1v) is 5.83. The highest BCUT2D eigenvalue weighted by atomic mass is 16.6. The molecule has 0 saturated carbocycles. The third-order valence-corrected chi connectivity index (χ3v) is 2.87. The molecule has 94 valence electrons. The lowest BCUT2D eigenvalue weighted by atomic mass is 10.1. The van der Waals surface area contributed by atoms with Crippen molar-refractivity contribution in [3.63, 3.8) is 0 Å². The highest BCUT2D eigenvalue weighted by Crippen LogP contribution is 2.19. The number of aromatic nitrogens is 2. The largest absolute Gasteiger partial charge is 0.320 e. The number of carbonyl (C=O) groups excluding carboxylic acids is 1. The zero-order valence-corrected chi connectivity index (χ0v) is 10.3. The van der Waals surface area contributed by atoms with E-state index in [1.165, 1.54) is 0 Å². The van der Waals surface area contributed by atoms with E-state index in [4.69, 9.17) is 0 Å². The number of carbonyl (C=O) groups is 1. The summed E-state index contributed by atoms with van der Waals surface area (Å²) in [4.78, 5) is 12.0. The molecule has 0 unspecified atom stereocenters. The Hall–Kier alpha value is -2.69. The quantitative estimate of drug-likeness (QED) is 0.762. The predicted molar refractivity (Wildman–Crippen MR) is 70.9 cm³/mol. The lowest BCUT2D eigenvalue weighted by Gasteiger charge is -2.04. The summed E-state index contributed by atoms with van der Waals surface area (Å²) in [5.41, 5.74) is 1.39. The number of nitrogens with zero attached hydrogens (tertiary/aromatic N) is 2. The number of rotatable bonds is 2. The van der Waals surface area contributed by atoms with Crippen molar-refractivity contribution in [2.24, 2.45) is 0 Å². The van der Waals surface area contributed by atoms with Gasteiger partial charge in [0.05, 0.1) is 0 Å². The van der Waals surface area contributed by atoms with Crippen molar-refractivity contribution < 1.29 is 9.42 Å². The number of hydrogen-bond acceptors (Lipinski definition) is 4. The minimum Gasteiger partial charge on any atom is -0.320 e. The van der Waals surface area contributed by atoms with Crippen LogP contribution in [0.25, 0.3) is 10.8 Å². The summed E-state index contributed by atoms with van der Waals surface area (Å²) in [5.74, 6) is -0.325. The molecule has 0 bridgehead atoms. The Bertz CT molecular complexity index is 749. The summed E-state index contributed by atoms with van der Waals surface area (Å²) in [6.07, 6.45) is 0. The van der Waals surface area contributed by atoms with E-state index < -0.39 is 0 Å². The summed E-state index contributed by atoms with van der Waals surface area (Å²) in [7, 11) is 0. The van der Waals surface area contributed by atoms with Gasteiger partial charge in [-0.05, 0) is 35.0 Å². The first-order valence-electron chi connectivity index (χ1n) is 5.83. The first-order chi connectivity index (χ1) is 9.24. The van der Waals surface area contributed by atoms with Crippen LogP contribution in [0.2, 0.25) is 0 Å². The van der Waals surface area contributed by atoms with Crippen LogP contribution in [0.15, 0.2) is 47.1 Å². The van der Waals surface area contributed by atoms with Gasteiger partial charge in [0.2, 0.25) is 0 Å². The highest BCUT2D eigenvalue weighted by molar-refractivity contribution is 6.04. The fourth-order valence-electron chi connectivity index (χ4n) is 1.89. The van der Waals surface area contributed by atoms with Crippen LogP contribution in [0, 0.1) is 6.92 Å². The van der Waals surface area contributed by atoms with Crippen molar-refractivity contribution in [3.8, 4) is 0 Å². The summed E-state index contributed by atoms with van der Waals surface area (Å²) < 4.78 is 4.51. The molecular weight excluding hydrogens is 242 g/mol. The van der Waals surface area contributed by atoms with Gasteiger partial charge in [0.1, 0.15) is 5.69 Å². The Morgan fingerprint density at radius 2 is 1.89 bits per heavy atom. The van der Waals surface area contributed by atoms with E-state index in [-0.39, 0.29) is 11.6 Å². The maximum Gasteiger partial charge on any atom is 0.279 e. The van der Waals surface area contributed by atoms with Crippen molar-refractivity contribution in [3.05, 3.63) is 53.9 Å². The van der Waals surface area contributed by atoms with Gasteiger partial charge in [-0.15, -0.1) is 0 Å². The van der Waals surface area contributed by atoms with E-state index in [1.54, 1.807) is 6.92 Å². The Kier molecular flexibility index (Phi) is 2.72. The molecule has 0 saturated heterocycles. The molecule has 3 aromatic rings. The maximum absolute atomic E-state index is 12.0. The molecule has 0 fully saturated rings. The Morgan fingerprint density at radius 3 is 2.63 bits per heavy atom. The number of fused-ring (bicyclic) bond motifs is 1. The standard InChI is InChI=1S/C14H11N3O2/c1-9-13(17-19-16-9)14(18)15-12-7-6-10-4-2-3-5-11(10)8-12/h2-8H,1H3,(H,15,18). The minimum atomic E-state index is -0.325. The van der Waals surface area contributed by atoms with Crippen LogP contribution >= 0.6 is 0 Å². The SMILES string of the molecule is Cc1nonc1C(=O)Nc1ccc2ccccc2c1. The Balaban J connectivity index is 1.89. The predicted octanol–water partition coefficient (Wildman–Crippen LogP) is 2.78. The van der Waals surface area contributed by atoms with Gasteiger partial charge in [0.15, 0.2) is 5.69 Å². The van der Waals surface area contributed by atoms with Crippen LogP contribution in [0.3, 0.4) is 0 Å². The van der Waals surface area contributed by atoms with Crippen LogP contribution in [-0.4, -0.2) is 16.2 Å². The first kappa shape index (κ1) is 11.4. The molecule has 0 aliphatic heterocycles. The molecule has 0 spiro atoms. The van der Waals surface area contributed by atoms with Crippen molar-refractivity contribution in [2.45, 2.75) is 6.92 Å². The van der Waals surface area contributed by atoms with E-state index in [0.29, 0.717) is 11.4 Å². The van der Waals surface area contributed by atoms with Crippen LogP contribution in [0.1, 0.15) is 16.2 Å². The summed E-state index contributed by atoms with van der Waals surface area (Å²) in [6, 6.07) is 13.7. The number of nitrogens with one attached hydrogen (secondary N) is 1. The minimum absolute atomic E-state index is 0.202. The highest BCUT2D eigenvalue weighted by Gasteiger charge is 2.14. The maximum atomic E-state index is 12.0. The van der Waals surface area contributed by atoms with Crippen molar-refractivity contribution >= 4 is 22.4 Å². The van der Waals surface area contributed by atoms with Crippen LogP contribution in [0.5, 0.6) is 0 Å². The summed E-state index contributed by atoms with van der Waals surface area (Å²) in [6.45, 7) is 1.67. The molecule has 1 N–H and O–H groups in total. The van der Waals surface area contributed by atoms with Gasteiger partial charge >= 0.3 is 0 Å². The van der Waals surface area contributed by atoms with E-state index in [2.05, 4.69) is 20.3 Å². The molecular formula is C14H11N3O2. The Labute approximate surface area is 109 Å². The van der Waals surface area contributed by atoms with E-state index in [1.807, 2.05) is 42.5 Å². The zero-order valence-electron chi connectivity index (χ0n) is 10.3. The molecule has 0 aliphatic carbocycles. The van der Waals surface area contributed by atoms with Gasteiger partial charge in [-0.1, -0.05) is 35.5 Å². The smallest absolute Gasteiger partial charge is 0.279 e. The van der Waals surface area contributed by atoms with Crippen molar-refractivity contribution in [2.75, 3.05) is 5.32 Å². The molecule has 0 aliphatic rings. The Morgan fingerprint density at radius 1 is 1.11 bits per heavy atom. The average Bonchev–Trinajstić information content (AvgIpc) is 2.85. The molecule has 0 radical (unpaired) electrons. The number of benzene rings is 2. The van der Waals surface area contributed by atoms with Gasteiger partial charge < -0.3 is 5.32 Å². The lowest BCUT2D eigenvalue weighted by Crippen LogP contribution is -2.13. The van der Waals surface area contributed by atoms with Gasteiger partial charge in [-0.25, -0.2) is 4.63 Å². The fourth-order valence-corrected chi connectivity index (χ4v) is 1.89. The second kappa shape index (κ2) is 4.53. The molecule has 0 atom stereocenters. The monoisotopic (exact) mass is 253 g/mol. The fraction of sp³-hybridized carbons (Fsp3) is 0.0714. The molecule has 5 heteroatoms. The zero-order chi connectivity index (χ0) is 13.2. The number of anilines is 1. The van der Waals surface area contributed by atoms with Crippen LogP contribution < -0.4 is 5.32 Å². The summed E-state index contributed by atoms with van der Waals surface area (Å²) >= 11 is 0. The topological polar surface area (TPSA) is 68.0 Å². The van der Waals surface area contributed by atoms with Crippen molar-refractivity contribution in [1.29, 1.82) is 0 Å². The molecule has 3 rings (SSSR count). The molecule has 2 aromatic carbocycles. The molecule has 1 heterocycles. The number of aryl methyl sites for hydroxylation is 1. The third kappa shape index (κ3) is 2.18. The lowest BCUT2D eigenvalue weighted by molar-refractivity contribution is 0.101. The van der Waals surface area contributed by atoms with Gasteiger partial charge in [0, 0.05) is 5.69 Å². The van der Waals surface area contributed by atoms with Crippen LogP contribution in [0.4, 0.5) is 5.69 Å². The normalized spacial score (nSPS) is 10.6. The number of amides is 1. The van der Waals surface area contributed by atoms with Crippen molar-refractivity contribution in [1.82, 2.24) is 10.3 Å². The summed E-state index contributed by atoms with van der Waals surface area (Å²) in [5, 5.41) is 12.1. The van der Waals surface area contributed by atoms with Gasteiger partial charge in [-0.2, -0.15) is 0 Å². The number of hydrogen-bond donors (Lipinski definition) is 1. The van der Waals surface area contributed by atoms with Gasteiger partial charge in [-0.3, -0.25) is 4.79 Å². The molecule has 1 amide bonds. The molecule has 19 heavy (non-hydrogen) atoms. The van der Waals surface area contributed by atoms with Crippen LogP contribution in [-0.2, 0) is 0 Å². The molecule has 1 aromatic heterocycles. The second-order valence-electron chi connectivity index (χ2n) is 4.21. The second-order valence-corrected chi connectivity index (χ2v) is 4.21. The van der Waals surface area contributed by atoms with E-state index in [9.17, 15) is 4.79 Å². The van der Waals surface area contributed by atoms with E-state index in [0.717, 1.165) is 10.8 Å². The average molecular weight is 253 g/mol.